The van der Waals surface area contributed by atoms with E-state index in [9.17, 15) is 4.79 Å². The summed E-state index contributed by atoms with van der Waals surface area (Å²) in [7, 11) is 0. The van der Waals surface area contributed by atoms with E-state index in [2.05, 4.69) is 35.0 Å². The molecule has 1 amide bonds. The molecule has 3 nitrogen and oxygen atoms in total. The molecule has 2 heterocycles. The minimum atomic E-state index is 0. The van der Waals surface area contributed by atoms with Gasteiger partial charge in [0.05, 0.1) is 19.5 Å². The molecule has 32 heavy (non-hydrogen) atoms. The van der Waals surface area contributed by atoms with Crippen LogP contribution < -0.4 is 12.4 Å². The maximum atomic E-state index is 12.7. The molecule has 0 aromatic carbocycles. The third-order valence-electron chi connectivity index (χ3n) is 6.99. The van der Waals surface area contributed by atoms with Gasteiger partial charge in [0.1, 0.15) is 0 Å². The highest BCUT2D eigenvalue weighted by atomic mass is 35.5. The molecular weight excluding hydrogens is 436 g/mol. The van der Waals surface area contributed by atoms with Crippen molar-refractivity contribution in [2.45, 2.75) is 122 Å². The first-order valence-corrected chi connectivity index (χ1v) is 14.3. The number of likely N-dealkylation sites (tertiary alicyclic amines) is 1. The summed E-state index contributed by atoms with van der Waals surface area (Å²) in [6.07, 6.45) is 30.5. The van der Waals surface area contributed by atoms with E-state index in [-0.39, 0.29) is 12.4 Å². The molecule has 1 fully saturated rings. The van der Waals surface area contributed by atoms with Crippen molar-refractivity contribution < 1.29 is 21.7 Å². The van der Waals surface area contributed by atoms with Crippen LogP contribution in [0.5, 0.6) is 0 Å². The Morgan fingerprint density at radius 2 is 1.34 bits per heavy atom. The summed E-state index contributed by atoms with van der Waals surface area (Å²) in [5.74, 6) is 0.463. The number of rotatable bonds is 19. The zero-order valence-electron chi connectivity index (χ0n) is 20.7. The van der Waals surface area contributed by atoms with Crippen LogP contribution in [0, 0.1) is 0 Å². The zero-order chi connectivity index (χ0) is 22.0. The van der Waals surface area contributed by atoms with Crippen LogP contribution in [-0.4, -0.2) is 34.5 Å². The van der Waals surface area contributed by atoms with E-state index < -0.39 is 0 Å². The van der Waals surface area contributed by atoms with Crippen LogP contribution in [-0.2, 0) is 4.79 Å². The van der Waals surface area contributed by atoms with E-state index in [1.54, 1.807) is 11.9 Å². The van der Waals surface area contributed by atoms with Crippen molar-refractivity contribution in [2.75, 3.05) is 19.8 Å². The molecule has 1 saturated heterocycles. The van der Waals surface area contributed by atoms with Gasteiger partial charge in [-0.1, -0.05) is 103 Å². The van der Waals surface area contributed by atoms with Gasteiger partial charge >= 0.3 is 5.91 Å². The second-order valence-electron chi connectivity index (χ2n) is 9.73. The van der Waals surface area contributed by atoms with Crippen LogP contribution >= 0.6 is 11.9 Å². The summed E-state index contributed by atoms with van der Waals surface area (Å²) in [4.78, 5) is 12.7. The number of hydrogen-bond acceptors (Lipinski definition) is 3. The van der Waals surface area contributed by atoms with Crippen molar-refractivity contribution in [2.24, 2.45) is 0 Å². The summed E-state index contributed by atoms with van der Waals surface area (Å²) in [5, 5.41) is 2.10. The van der Waals surface area contributed by atoms with Crippen LogP contribution in [0.25, 0.3) is 0 Å². The quantitative estimate of drug-likeness (QED) is 0.140. The van der Waals surface area contributed by atoms with Gasteiger partial charge in [0, 0.05) is 12.6 Å². The van der Waals surface area contributed by atoms with E-state index in [1.807, 2.05) is 0 Å². The number of quaternary nitrogens is 1. The molecule has 2 rings (SSSR count). The Morgan fingerprint density at radius 3 is 1.78 bits per heavy atom. The Kier molecular flexibility index (Phi) is 17.5. The summed E-state index contributed by atoms with van der Waals surface area (Å²) < 4.78 is 2.92. The molecule has 186 valence electrons. The second-order valence-corrected chi connectivity index (χ2v) is 10.7. The minimum absolute atomic E-state index is 0. The molecule has 0 aromatic heterocycles. The highest BCUT2D eigenvalue weighted by molar-refractivity contribution is 8.00. The number of nitrogens with zero attached hydrogens (tertiary/aromatic N) is 2. The normalized spacial score (nSPS) is 20.2. The predicted octanol–water partition coefficient (Wildman–Crippen LogP) is 5.34. The number of hydrogen-bond donors (Lipinski definition) is 0. The molecule has 2 aliphatic rings. The van der Waals surface area contributed by atoms with E-state index in [4.69, 9.17) is 0 Å². The van der Waals surface area contributed by atoms with Gasteiger partial charge in [0.15, 0.2) is 6.67 Å². The fourth-order valence-electron chi connectivity index (χ4n) is 5.00. The van der Waals surface area contributed by atoms with Gasteiger partial charge in [0.2, 0.25) is 0 Å². The Morgan fingerprint density at radius 1 is 0.812 bits per heavy atom. The van der Waals surface area contributed by atoms with Gasteiger partial charge in [-0.15, -0.1) is 0 Å². The smallest absolute Gasteiger partial charge is 0.315 e. The highest BCUT2D eigenvalue weighted by Gasteiger charge is 2.41. The zero-order valence-corrected chi connectivity index (χ0v) is 22.3. The van der Waals surface area contributed by atoms with Gasteiger partial charge in [-0.2, -0.15) is 0 Å². The maximum absolute atomic E-state index is 12.7. The summed E-state index contributed by atoms with van der Waals surface area (Å²) >= 11 is 1.71. The van der Waals surface area contributed by atoms with E-state index in [0.29, 0.717) is 10.4 Å². The summed E-state index contributed by atoms with van der Waals surface area (Å²) in [5.41, 5.74) is 0. The molecule has 0 aromatic rings. The lowest BCUT2D eigenvalue weighted by atomic mass is 10.0. The predicted molar refractivity (Wildman–Crippen MR) is 136 cm³/mol. The van der Waals surface area contributed by atoms with Gasteiger partial charge in [-0.3, -0.25) is 4.31 Å². The van der Waals surface area contributed by atoms with Crippen LogP contribution in [0.2, 0.25) is 0 Å². The topological polar surface area (TPSA) is 20.3 Å². The fraction of sp³-hybridized carbons (Fsp3) is 0.815. The molecule has 2 aliphatic heterocycles. The molecule has 1 unspecified atom stereocenters. The minimum Gasteiger partial charge on any atom is -1.00 e. The van der Waals surface area contributed by atoms with Crippen molar-refractivity contribution >= 4 is 17.9 Å². The molecule has 0 saturated carbocycles. The molecule has 0 N–H and O–H groups in total. The second kappa shape index (κ2) is 18.9. The Labute approximate surface area is 209 Å². The molecule has 1 atom stereocenters. The van der Waals surface area contributed by atoms with Crippen LogP contribution in [0.4, 0.5) is 0 Å². The van der Waals surface area contributed by atoms with Crippen molar-refractivity contribution in [1.29, 1.82) is 0 Å². The SMILES string of the molecule is CCCCCCCCCCCCCCCCCC[N+]1(CN2C=CC=CS2)CCCC1=O.[Cl-]. The first kappa shape index (κ1) is 29.6. The monoisotopic (exact) mass is 484 g/mol. The van der Waals surface area contributed by atoms with Crippen LogP contribution in [0.1, 0.15) is 122 Å². The van der Waals surface area contributed by atoms with Crippen molar-refractivity contribution in [1.82, 2.24) is 4.31 Å². The Bertz CT molecular complexity index is 540. The largest absolute Gasteiger partial charge is 1.00 e. The number of allylic oxidation sites excluding steroid dienone is 2. The van der Waals surface area contributed by atoms with E-state index in [1.165, 1.54) is 103 Å². The van der Waals surface area contributed by atoms with Crippen molar-refractivity contribution in [3.05, 3.63) is 23.8 Å². The average Bonchev–Trinajstić information content (AvgIpc) is 3.14. The molecule has 0 bridgehead atoms. The standard InChI is InChI=1S/C27H49N2OS.ClH/c1-2-3-4-5-6-7-8-9-10-11-12-13-14-15-16-18-23-29(24-20-21-27(29)30)26-28-22-17-19-25-31-28;/h17,19,22,25H,2-16,18,20-21,23-24,26H2,1H3;1H/q+1;/p-1. The molecule has 0 spiro atoms. The van der Waals surface area contributed by atoms with Crippen molar-refractivity contribution in [3.8, 4) is 0 Å². The van der Waals surface area contributed by atoms with Crippen LogP contribution in [0.15, 0.2) is 23.8 Å². The maximum Gasteiger partial charge on any atom is 0.315 e. The number of halogens is 1. The summed E-state index contributed by atoms with van der Waals surface area (Å²) in [6.45, 7) is 5.20. The van der Waals surface area contributed by atoms with Gasteiger partial charge in [-0.05, 0) is 36.3 Å². The third kappa shape index (κ3) is 12.1. The first-order valence-electron chi connectivity index (χ1n) is 13.4. The molecular formula is C27H49ClN2OS. The number of amides is 1. The van der Waals surface area contributed by atoms with Gasteiger partial charge < -0.3 is 12.4 Å². The first-order chi connectivity index (χ1) is 15.3. The number of carbonyl (C=O) groups is 1. The lowest BCUT2D eigenvalue weighted by molar-refractivity contribution is -0.854. The van der Waals surface area contributed by atoms with Gasteiger partial charge in [-0.25, -0.2) is 9.28 Å². The molecule has 5 heteroatoms. The lowest BCUT2D eigenvalue weighted by Crippen LogP contribution is -3.00. The third-order valence-corrected chi connectivity index (χ3v) is 7.78. The van der Waals surface area contributed by atoms with E-state index in [0.717, 1.165) is 32.6 Å². The highest BCUT2D eigenvalue weighted by Crippen LogP contribution is 2.27. The fourth-order valence-corrected chi connectivity index (χ4v) is 5.75. The van der Waals surface area contributed by atoms with Gasteiger partial charge in [0.25, 0.3) is 0 Å². The Balaban J connectivity index is 0.00000512. The average molecular weight is 485 g/mol. The molecule has 0 radical (unpaired) electrons. The lowest BCUT2D eigenvalue weighted by Gasteiger charge is -2.35. The number of carbonyl (C=O) groups excluding carboxylic acids is 1. The number of unbranched alkanes of at least 4 members (excludes halogenated alkanes) is 15. The van der Waals surface area contributed by atoms with E-state index >= 15 is 0 Å². The summed E-state index contributed by atoms with van der Waals surface area (Å²) in [6, 6.07) is 0. The van der Waals surface area contributed by atoms with Crippen molar-refractivity contribution in [3.63, 3.8) is 0 Å². The molecule has 0 aliphatic carbocycles. The van der Waals surface area contributed by atoms with Crippen LogP contribution in [0.3, 0.4) is 0 Å². The Hall–Kier alpha value is -0.450.